The van der Waals surface area contributed by atoms with Crippen molar-refractivity contribution < 1.29 is 22.7 Å². The molecule has 1 atom stereocenters. The van der Waals surface area contributed by atoms with E-state index in [9.17, 15) is 18.0 Å². The lowest BCUT2D eigenvalue weighted by Crippen LogP contribution is -2.20. The molecule has 128 valence electrons. The predicted molar refractivity (Wildman–Crippen MR) is 81.6 cm³/mol. The van der Waals surface area contributed by atoms with E-state index < -0.39 is 12.8 Å². The zero-order valence-electron chi connectivity index (χ0n) is 13.0. The molecule has 1 aliphatic rings. The third-order valence-electron chi connectivity index (χ3n) is 3.74. The lowest BCUT2D eigenvalue weighted by atomic mass is 10.0. The molecule has 1 saturated heterocycles. The van der Waals surface area contributed by atoms with Gasteiger partial charge in [-0.15, -0.1) is 0 Å². The topological polar surface area (TPSA) is 50.4 Å². The number of benzene rings is 1. The summed E-state index contributed by atoms with van der Waals surface area (Å²) in [6, 6.07) is 4.77. The van der Waals surface area contributed by atoms with E-state index in [1.807, 2.05) is 0 Å². The SMILES string of the molecule is Cc1ccc(NC(=O)CCC2CCNC2)c(OCC(F)(F)F)c1. The highest BCUT2D eigenvalue weighted by atomic mass is 19.4. The average molecular weight is 330 g/mol. The summed E-state index contributed by atoms with van der Waals surface area (Å²) in [6.45, 7) is 2.25. The van der Waals surface area contributed by atoms with E-state index in [1.165, 1.54) is 6.07 Å². The second kappa shape index (κ2) is 7.68. The Bertz CT molecular complexity index is 541. The summed E-state index contributed by atoms with van der Waals surface area (Å²) < 4.78 is 41.7. The normalized spacial score (nSPS) is 18.0. The van der Waals surface area contributed by atoms with Gasteiger partial charge >= 0.3 is 6.18 Å². The van der Waals surface area contributed by atoms with E-state index >= 15 is 0 Å². The van der Waals surface area contributed by atoms with E-state index in [-0.39, 0.29) is 17.3 Å². The largest absolute Gasteiger partial charge is 0.482 e. The molecule has 0 spiro atoms. The van der Waals surface area contributed by atoms with Crippen LogP contribution in [0.3, 0.4) is 0 Å². The maximum Gasteiger partial charge on any atom is 0.422 e. The quantitative estimate of drug-likeness (QED) is 0.842. The standard InChI is InChI=1S/C16H21F3N2O2/c1-11-2-4-13(14(8-11)23-10-16(17,18)19)21-15(22)5-3-12-6-7-20-9-12/h2,4,8,12,20H,3,5-7,9-10H2,1H3,(H,21,22). The van der Waals surface area contributed by atoms with Gasteiger partial charge in [-0.1, -0.05) is 6.07 Å². The molecule has 2 rings (SSSR count). The van der Waals surface area contributed by atoms with E-state index in [4.69, 9.17) is 4.74 Å². The number of amides is 1. The summed E-state index contributed by atoms with van der Waals surface area (Å²) in [5.74, 6) is 0.315. The number of anilines is 1. The van der Waals surface area contributed by atoms with Gasteiger partial charge in [0.15, 0.2) is 6.61 Å². The predicted octanol–water partition coefficient (Wildman–Crippen LogP) is 3.26. The van der Waals surface area contributed by atoms with Gasteiger partial charge in [-0.05, 0) is 56.5 Å². The van der Waals surface area contributed by atoms with E-state index in [1.54, 1.807) is 19.1 Å². The fraction of sp³-hybridized carbons (Fsp3) is 0.562. The summed E-state index contributed by atoms with van der Waals surface area (Å²) >= 11 is 0. The van der Waals surface area contributed by atoms with Crippen molar-refractivity contribution in [2.45, 2.75) is 32.4 Å². The number of hydrogen-bond donors (Lipinski definition) is 2. The first-order valence-corrected chi connectivity index (χ1v) is 7.64. The Morgan fingerprint density at radius 3 is 2.87 bits per heavy atom. The third kappa shape index (κ3) is 6.09. The van der Waals surface area contributed by atoms with Crippen molar-refractivity contribution in [2.75, 3.05) is 25.0 Å². The summed E-state index contributed by atoms with van der Waals surface area (Å²) in [4.78, 5) is 12.0. The number of halogens is 3. The number of aryl methyl sites for hydroxylation is 1. The number of nitrogens with one attached hydrogen (secondary N) is 2. The van der Waals surface area contributed by atoms with Crippen LogP contribution in [0.2, 0.25) is 0 Å². The molecule has 0 aliphatic carbocycles. The molecule has 1 aliphatic heterocycles. The Hall–Kier alpha value is -1.76. The van der Waals surface area contributed by atoms with Crippen LogP contribution in [0.1, 0.15) is 24.8 Å². The Balaban J connectivity index is 1.93. The summed E-state index contributed by atoms with van der Waals surface area (Å²) in [5, 5.41) is 5.88. The van der Waals surface area contributed by atoms with Crippen LogP contribution in [-0.4, -0.2) is 31.8 Å². The number of rotatable bonds is 6. The second-order valence-electron chi connectivity index (χ2n) is 5.85. The van der Waals surface area contributed by atoms with Crippen LogP contribution in [0.25, 0.3) is 0 Å². The molecule has 1 heterocycles. The van der Waals surface area contributed by atoms with Crippen molar-refractivity contribution in [2.24, 2.45) is 5.92 Å². The smallest absolute Gasteiger partial charge is 0.422 e. The maximum absolute atomic E-state index is 12.3. The Morgan fingerprint density at radius 1 is 1.43 bits per heavy atom. The summed E-state index contributed by atoms with van der Waals surface area (Å²) in [7, 11) is 0. The molecule has 1 amide bonds. The minimum absolute atomic E-state index is 0.0400. The Kier molecular flexibility index (Phi) is 5.87. The van der Waals surface area contributed by atoms with Crippen LogP contribution < -0.4 is 15.4 Å². The zero-order chi connectivity index (χ0) is 16.9. The van der Waals surface area contributed by atoms with Gasteiger partial charge in [-0.2, -0.15) is 13.2 Å². The molecule has 4 nitrogen and oxygen atoms in total. The zero-order valence-corrected chi connectivity index (χ0v) is 13.0. The first-order chi connectivity index (χ1) is 10.8. The first-order valence-electron chi connectivity index (χ1n) is 7.64. The van der Waals surface area contributed by atoms with Gasteiger partial charge in [0.05, 0.1) is 5.69 Å². The molecule has 0 bridgehead atoms. The van der Waals surface area contributed by atoms with Gasteiger partial charge in [-0.3, -0.25) is 4.79 Å². The van der Waals surface area contributed by atoms with Gasteiger partial charge in [0.25, 0.3) is 0 Å². The van der Waals surface area contributed by atoms with Crippen LogP contribution in [0.4, 0.5) is 18.9 Å². The lowest BCUT2D eigenvalue weighted by Gasteiger charge is -2.15. The fourth-order valence-electron chi connectivity index (χ4n) is 2.52. The van der Waals surface area contributed by atoms with E-state index in [0.29, 0.717) is 12.3 Å². The van der Waals surface area contributed by atoms with Crippen LogP contribution >= 0.6 is 0 Å². The highest BCUT2D eigenvalue weighted by molar-refractivity contribution is 5.92. The molecule has 1 aromatic carbocycles. The van der Waals surface area contributed by atoms with Crippen LogP contribution in [-0.2, 0) is 4.79 Å². The fourth-order valence-corrected chi connectivity index (χ4v) is 2.52. The Labute approximate surface area is 133 Å². The van der Waals surface area contributed by atoms with Gasteiger partial charge in [0, 0.05) is 6.42 Å². The molecule has 1 unspecified atom stereocenters. The number of ether oxygens (including phenoxy) is 1. The van der Waals surface area contributed by atoms with Gasteiger partial charge < -0.3 is 15.4 Å². The van der Waals surface area contributed by atoms with Crippen LogP contribution in [0, 0.1) is 12.8 Å². The molecule has 0 radical (unpaired) electrons. The highest BCUT2D eigenvalue weighted by Gasteiger charge is 2.29. The number of hydrogen-bond acceptors (Lipinski definition) is 3. The third-order valence-corrected chi connectivity index (χ3v) is 3.74. The monoisotopic (exact) mass is 330 g/mol. The minimum Gasteiger partial charge on any atom is -0.482 e. The van der Waals surface area contributed by atoms with Crippen molar-refractivity contribution >= 4 is 11.6 Å². The van der Waals surface area contributed by atoms with Gasteiger partial charge in [-0.25, -0.2) is 0 Å². The highest BCUT2D eigenvalue weighted by Crippen LogP contribution is 2.28. The number of carbonyl (C=O) groups excluding carboxylic acids is 1. The van der Waals surface area contributed by atoms with Crippen LogP contribution in [0.5, 0.6) is 5.75 Å². The van der Waals surface area contributed by atoms with Crippen molar-refractivity contribution in [1.29, 1.82) is 0 Å². The molecule has 23 heavy (non-hydrogen) atoms. The van der Waals surface area contributed by atoms with E-state index in [2.05, 4.69) is 10.6 Å². The first kappa shape index (κ1) is 17.6. The molecule has 0 saturated carbocycles. The van der Waals surface area contributed by atoms with Crippen molar-refractivity contribution in [3.63, 3.8) is 0 Å². The second-order valence-corrected chi connectivity index (χ2v) is 5.85. The van der Waals surface area contributed by atoms with E-state index in [0.717, 1.165) is 31.5 Å². The van der Waals surface area contributed by atoms with Gasteiger partial charge in [0.1, 0.15) is 5.75 Å². The number of alkyl halides is 3. The molecular formula is C16H21F3N2O2. The summed E-state index contributed by atoms with van der Waals surface area (Å²) in [6.07, 6.45) is -2.25. The Morgan fingerprint density at radius 2 is 2.22 bits per heavy atom. The van der Waals surface area contributed by atoms with Crippen molar-refractivity contribution in [3.05, 3.63) is 23.8 Å². The lowest BCUT2D eigenvalue weighted by molar-refractivity contribution is -0.153. The molecule has 0 aromatic heterocycles. The molecular weight excluding hydrogens is 309 g/mol. The number of carbonyl (C=O) groups is 1. The van der Waals surface area contributed by atoms with Gasteiger partial charge in [0.2, 0.25) is 5.91 Å². The summed E-state index contributed by atoms with van der Waals surface area (Å²) in [5.41, 5.74) is 1.03. The molecule has 2 N–H and O–H groups in total. The molecule has 1 fully saturated rings. The maximum atomic E-state index is 12.3. The van der Waals surface area contributed by atoms with Crippen LogP contribution in [0.15, 0.2) is 18.2 Å². The molecule has 7 heteroatoms. The molecule has 1 aromatic rings. The average Bonchev–Trinajstić information content (AvgIpc) is 2.98. The van der Waals surface area contributed by atoms with Crippen molar-refractivity contribution in [1.82, 2.24) is 5.32 Å². The van der Waals surface area contributed by atoms with Crippen molar-refractivity contribution in [3.8, 4) is 5.75 Å². The minimum atomic E-state index is -4.42.